The molecule has 0 aromatic heterocycles. The highest BCUT2D eigenvalue weighted by atomic mass is 16.5. The van der Waals surface area contributed by atoms with Crippen LogP contribution in [0.3, 0.4) is 0 Å². The number of carbonyl (C=O) groups is 2. The zero-order valence-electron chi connectivity index (χ0n) is 17.8. The fraction of sp³-hybridized carbons (Fsp3) is 0.417. The predicted octanol–water partition coefficient (Wildman–Crippen LogP) is 3.47. The molecule has 1 aliphatic rings. The van der Waals surface area contributed by atoms with Gasteiger partial charge in [0.15, 0.2) is 0 Å². The van der Waals surface area contributed by atoms with Crippen LogP contribution < -0.4 is 15.8 Å². The molecule has 30 heavy (non-hydrogen) atoms. The zero-order chi connectivity index (χ0) is 21.5. The van der Waals surface area contributed by atoms with Gasteiger partial charge in [0.2, 0.25) is 11.8 Å². The lowest BCUT2D eigenvalue weighted by atomic mass is 9.90. The van der Waals surface area contributed by atoms with Gasteiger partial charge in [-0.25, -0.2) is 0 Å². The third kappa shape index (κ3) is 5.83. The van der Waals surface area contributed by atoms with Crippen LogP contribution in [0.5, 0.6) is 5.75 Å². The smallest absolute Gasteiger partial charge is 0.248 e. The molecule has 1 saturated heterocycles. The maximum absolute atomic E-state index is 12.6. The summed E-state index contributed by atoms with van der Waals surface area (Å²) in [5.74, 6) is 1.08. The molecule has 3 rings (SSSR count). The molecule has 1 aliphatic heterocycles. The largest absolute Gasteiger partial charge is 0.497 e. The summed E-state index contributed by atoms with van der Waals surface area (Å²) in [5.41, 5.74) is 7.69. The van der Waals surface area contributed by atoms with E-state index in [0.29, 0.717) is 17.2 Å². The van der Waals surface area contributed by atoms with E-state index in [1.54, 1.807) is 31.4 Å². The number of primary amides is 1. The summed E-state index contributed by atoms with van der Waals surface area (Å²) in [4.78, 5) is 26.0. The molecule has 2 aromatic carbocycles. The Morgan fingerprint density at radius 1 is 1.10 bits per heavy atom. The molecular formula is C24H31N3O3. The van der Waals surface area contributed by atoms with E-state index in [1.807, 2.05) is 19.1 Å². The number of hydrogen-bond donors (Lipinski definition) is 2. The molecule has 6 heteroatoms. The average Bonchev–Trinajstić information content (AvgIpc) is 2.78. The van der Waals surface area contributed by atoms with Gasteiger partial charge in [0.25, 0.3) is 0 Å². The molecule has 0 spiro atoms. The van der Waals surface area contributed by atoms with Crippen LogP contribution in [0.15, 0.2) is 48.5 Å². The van der Waals surface area contributed by atoms with Gasteiger partial charge in [-0.15, -0.1) is 0 Å². The van der Waals surface area contributed by atoms with Gasteiger partial charge in [0.1, 0.15) is 5.75 Å². The number of anilines is 1. The Kier molecular flexibility index (Phi) is 7.46. The van der Waals surface area contributed by atoms with Crippen molar-refractivity contribution >= 4 is 17.5 Å². The van der Waals surface area contributed by atoms with Crippen LogP contribution >= 0.6 is 0 Å². The monoisotopic (exact) mass is 409 g/mol. The molecule has 3 N–H and O–H groups in total. The number of benzene rings is 2. The molecule has 2 amide bonds. The predicted molar refractivity (Wildman–Crippen MR) is 119 cm³/mol. The number of carbonyl (C=O) groups excluding carboxylic acids is 2. The summed E-state index contributed by atoms with van der Waals surface area (Å²) in [6.45, 7) is 3.82. The molecule has 0 bridgehead atoms. The molecule has 0 aliphatic carbocycles. The highest BCUT2D eigenvalue weighted by Crippen LogP contribution is 2.24. The zero-order valence-corrected chi connectivity index (χ0v) is 17.8. The normalized spacial score (nSPS) is 16.1. The second kappa shape index (κ2) is 10.3. The Morgan fingerprint density at radius 2 is 1.73 bits per heavy atom. The molecule has 6 nitrogen and oxygen atoms in total. The minimum absolute atomic E-state index is 0.0292. The van der Waals surface area contributed by atoms with Gasteiger partial charge >= 0.3 is 0 Å². The van der Waals surface area contributed by atoms with Crippen LogP contribution in [0.2, 0.25) is 0 Å². The number of amides is 2. The van der Waals surface area contributed by atoms with Crippen molar-refractivity contribution < 1.29 is 14.3 Å². The van der Waals surface area contributed by atoms with Crippen LogP contribution in [-0.2, 0) is 11.2 Å². The van der Waals surface area contributed by atoms with Crippen molar-refractivity contribution in [3.05, 3.63) is 59.7 Å². The van der Waals surface area contributed by atoms with Crippen LogP contribution in [0.4, 0.5) is 5.69 Å². The van der Waals surface area contributed by atoms with E-state index in [9.17, 15) is 9.59 Å². The summed E-state index contributed by atoms with van der Waals surface area (Å²) in [6, 6.07) is 14.8. The van der Waals surface area contributed by atoms with Crippen LogP contribution in [0, 0.1) is 5.92 Å². The summed E-state index contributed by atoms with van der Waals surface area (Å²) >= 11 is 0. The van der Waals surface area contributed by atoms with Gasteiger partial charge in [-0.1, -0.05) is 12.1 Å². The second-order valence-electron chi connectivity index (χ2n) is 7.97. The fourth-order valence-electron chi connectivity index (χ4n) is 3.92. The molecule has 0 saturated carbocycles. The molecule has 2 aromatic rings. The van der Waals surface area contributed by atoms with E-state index in [1.165, 1.54) is 12.0 Å². The van der Waals surface area contributed by atoms with E-state index in [-0.39, 0.29) is 11.9 Å². The van der Waals surface area contributed by atoms with Crippen LogP contribution in [0.1, 0.15) is 42.1 Å². The van der Waals surface area contributed by atoms with Gasteiger partial charge in [-0.3, -0.25) is 14.5 Å². The molecule has 1 fully saturated rings. The lowest BCUT2D eigenvalue weighted by Gasteiger charge is -2.35. The van der Waals surface area contributed by atoms with Crippen LogP contribution in [-0.4, -0.2) is 43.0 Å². The Bertz CT molecular complexity index is 841. The molecule has 0 radical (unpaired) electrons. The molecular weight excluding hydrogens is 378 g/mol. The highest BCUT2D eigenvalue weighted by molar-refractivity contribution is 5.96. The van der Waals surface area contributed by atoms with Crippen molar-refractivity contribution in [3.8, 4) is 5.75 Å². The number of piperidine rings is 1. The van der Waals surface area contributed by atoms with Crippen molar-refractivity contribution in [3.63, 3.8) is 0 Å². The third-order valence-corrected chi connectivity index (χ3v) is 6.01. The second-order valence-corrected chi connectivity index (χ2v) is 7.97. The standard InChI is InChI=1S/C24H31N3O3/c1-17(24(29)26-21-9-7-20(8-10-21)23(25)28)27-15-13-19(14-16-27)4-3-18-5-11-22(30-2)12-6-18/h5-12,17,19H,3-4,13-16H2,1-2H3,(H2,25,28)(H,26,29). The van der Waals surface area contributed by atoms with Gasteiger partial charge in [-0.05, 0) is 93.6 Å². The van der Waals surface area contributed by atoms with Gasteiger partial charge in [0, 0.05) is 11.3 Å². The summed E-state index contributed by atoms with van der Waals surface area (Å²) in [7, 11) is 1.68. The lowest BCUT2D eigenvalue weighted by Crippen LogP contribution is -2.46. The van der Waals surface area contributed by atoms with Gasteiger partial charge < -0.3 is 15.8 Å². The van der Waals surface area contributed by atoms with E-state index in [4.69, 9.17) is 10.5 Å². The highest BCUT2D eigenvalue weighted by Gasteiger charge is 2.26. The number of aryl methyl sites for hydroxylation is 1. The number of nitrogens with two attached hydrogens (primary N) is 1. The van der Waals surface area contributed by atoms with E-state index in [0.717, 1.165) is 38.1 Å². The topological polar surface area (TPSA) is 84.7 Å². The number of ether oxygens (including phenoxy) is 1. The van der Waals surface area contributed by atoms with Crippen molar-refractivity contribution in [1.29, 1.82) is 0 Å². The van der Waals surface area contributed by atoms with Crippen molar-refractivity contribution in [2.24, 2.45) is 11.7 Å². The first-order valence-electron chi connectivity index (χ1n) is 10.5. The fourth-order valence-corrected chi connectivity index (χ4v) is 3.92. The summed E-state index contributed by atoms with van der Waals surface area (Å²) in [5, 5.41) is 2.93. The lowest BCUT2D eigenvalue weighted by molar-refractivity contribution is -0.121. The quantitative estimate of drug-likeness (QED) is 0.699. The van der Waals surface area contributed by atoms with Crippen molar-refractivity contribution in [2.45, 2.75) is 38.6 Å². The Hall–Kier alpha value is -2.86. The molecule has 1 unspecified atom stereocenters. The molecule has 1 heterocycles. The summed E-state index contributed by atoms with van der Waals surface area (Å²) < 4.78 is 5.21. The number of rotatable bonds is 8. The minimum Gasteiger partial charge on any atom is -0.497 e. The maximum atomic E-state index is 12.6. The van der Waals surface area contributed by atoms with E-state index >= 15 is 0 Å². The average molecular weight is 410 g/mol. The number of nitrogens with one attached hydrogen (secondary N) is 1. The minimum atomic E-state index is -0.476. The van der Waals surface area contributed by atoms with E-state index in [2.05, 4.69) is 22.3 Å². The Labute approximate surface area is 178 Å². The first kappa shape index (κ1) is 21.8. The van der Waals surface area contributed by atoms with E-state index < -0.39 is 5.91 Å². The first-order valence-corrected chi connectivity index (χ1v) is 10.5. The van der Waals surface area contributed by atoms with Crippen LogP contribution in [0.25, 0.3) is 0 Å². The van der Waals surface area contributed by atoms with Crippen molar-refractivity contribution in [1.82, 2.24) is 4.90 Å². The molecule has 1 atom stereocenters. The third-order valence-electron chi connectivity index (χ3n) is 6.01. The SMILES string of the molecule is COc1ccc(CCC2CCN(C(C)C(=O)Nc3ccc(C(N)=O)cc3)CC2)cc1. The Balaban J connectivity index is 1.43. The number of methoxy groups -OCH3 is 1. The first-order chi connectivity index (χ1) is 14.5. The van der Waals surface area contributed by atoms with Gasteiger partial charge in [-0.2, -0.15) is 0 Å². The number of nitrogens with zero attached hydrogens (tertiary/aromatic N) is 1. The maximum Gasteiger partial charge on any atom is 0.248 e. The summed E-state index contributed by atoms with van der Waals surface area (Å²) in [6.07, 6.45) is 4.47. The van der Waals surface area contributed by atoms with Gasteiger partial charge in [0.05, 0.1) is 13.2 Å². The molecule has 160 valence electrons. The number of hydrogen-bond acceptors (Lipinski definition) is 4. The van der Waals surface area contributed by atoms with Crippen molar-refractivity contribution in [2.75, 3.05) is 25.5 Å². The Morgan fingerprint density at radius 3 is 2.30 bits per heavy atom. The number of likely N-dealkylation sites (tertiary alicyclic amines) is 1.